The third kappa shape index (κ3) is 2.45. The van der Waals surface area contributed by atoms with Gasteiger partial charge in [-0.05, 0) is 24.3 Å². The van der Waals surface area contributed by atoms with E-state index in [1.165, 1.54) is 0 Å². The summed E-state index contributed by atoms with van der Waals surface area (Å²) < 4.78 is 8.94. The lowest BCUT2D eigenvalue weighted by Gasteiger charge is -2.08. The van der Waals surface area contributed by atoms with Crippen LogP contribution in [-0.4, -0.2) is 31.3 Å². The highest BCUT2D eigenvalue weighted by Crippen LogP contribution is 2.25. The summed E-state index contributed by atoms with van der Waals surface area (Å²) in [6.45, 7) is 0. The second kappa shape index (κ2) is 5.69. The summed E-state index contributed by atoms with van der Waals surface area (Å²) in [4.78, 5) is 8.92. The minimum atomic E-state index is 0.692. The average molecular weight is 320 g/mol. The van der Waals surface area contributed by atoms with Crippen molar-refractivity contribution in [3.05, 3.63) is 55.2 Å². The first-order valence-corrected chi connectivity index (χ1v) is 7.47. The number of nitrogens with zero attached hydrogens (tertiary/aromatic N) is 5. The van der Waals surface area contributed by atoms with Crippen LogP contribution >= 0.6 is 0 Å². The Labute approximate surface area is 138 Å². The van der Waals surface area contributed by atoms with Gasteiger partial charge in [0.05, 0.1) is 25.2 Å². The number of fused-ring (bicyclic) bond motifs is 1. The minimum Gasteiger partial charge on any atom is -0.497 e. The van der Waals surface area contributed by atoms with Gasteiger partial charge in [-0.15, -0.1) is 0 Å². The summed E-state index contributed by atoms with van der Waals surface area (Å²) in [5.74, 6) is 1.50. The van der Waals surface area contributed by atoms with Crippen LogP contribution in [0.25, 0.3) is 16.9 Å². The van der Waals surface area contributed by atoms with Crippen LogP contribution in [0.3, 0.4) is 0 Å². The summed E-state index contributed by atoms with van der Waals surface area (Å²) in [6.07, 6.45) is 9.25. The molecule has 0 spiro atoms. The average Bonchev–Trinajstić information content (AvgIpc) is 3.22. The molecule has 1 aromatic carbocycles. The number of nitrogens with one attached hydrogen (secondary N) is 1. The molecule has 4 aromatic rings. The molecule has 0 unspecified atom stereocenters. The smallest absolute Gasteiger partial charge is 0.180 e. The number of ether oxygens (including phenoxy) is 1. The molecule has 7 heteroatoms. The molecular weight excluding hydrogens is 304 g/mol. The van der Waals surface area contributed by atoms with Gasteiger partial charge in [0, 0.05) is 36.9 Å². The molecule has 0 radical (unpaired) electrons. The number of methoxy groups -OCH3 is 1. The molecule has 0 aliphatic heterocycles. The van der Waals surface area contributed by atoms with Crippen LogP contribution in [0.1, 0.15) is 0 Å². The van der Waals surface area contributed by atoms with E-state index in [0.29, 0.717) is 5.82 Å². The predicted octanol–water partition coefficient (Wildman–Crippen LogP) is 2.88. The van der Waals surface area contributed by atoms with E-state index in [1.54, 1.807) is 18.0 Å². The van der Waals surface area contributed by atoms with Crippen molar-refractivity contribution in [1.82, 2.24) is 24.1 Å². The zero-order chi connectivity index (χ0) is 16.5. The van der Waals surface area contributed by atoms with Gasteiger partial charge in [0.1, 0.15) is 5.75 Å². The highest BCUT2D eigenvalue weighted by atomic mass is 16.5. The number of aryl methyl sites for hydroxylation is 1. The summed E-state index contributed by atoms with van der Waals surface area (Å²) in [5.41, 5.74) is 3.65. The Kier molecular flexibility index (Phi) is 3.38. The van der Waals surface area contributed by atoms with Crippen molar-refractivity contribution in [1.29, 1.82) is 0 Å². The van der Waals surface area contributed by atoms with E-state index in [2.05, 4.69) is 20.4 Å². The van der Waals surface area contributed by atoms with Crippen LogP contribution < -0.4 is 10.1 Å². The molecule has 3 heterocycles. The Morgan fingerprint density at radius 2 is 1.92 bits per heavy atom. The Morgan fingerprint density at radius 3 is 2.62 bits per heavy atom. The molecule has 0 saturated heterocycles. The fourth-order valence-corrected chi connectivity index (χ4v) is 2.59. The third-order valence-corrected chi connectivity index (χ3v) is 3.78. The van der Waals surface area contributed by atoms with Crippen LogP contribution in [0, 0.1) is 0 Å². The number of benzene rings is 1. The summed E-state index contributed by atoms with van der Waals surface area (Å²) >= 11 is 0. The fourth-order valence-electron chi connectivity index (χ4n) is 2.59. The zero-order valence-corrected chi connectivity index (χ0v) is 13.3. The van der Waals surface area contributed by atoms with Crippen LogP contribution in [0.15, 0.2) is 55.2 Å². The normalized spacial score (nSPS) is 10.9. The van der Waals surface area contributed by atoms with E-state index in [4.69, 9.17) is 4.74 Å². The number of hydrogen-bond acceptors (Lipinski definition) is 5. The first-order chi connectivity index (χ1) is 11.7. The largest absolute Gasteiger partial charge is 0.497 e. The topological polar surface area (TPSA) is 69.3 Å². The quantitative estimate of drug-likeness (QED) is 0.626. The molecule has 7 nitrogen and oxygen atoms in total. The third-order valence-electron chi connectivity index (χ3n) is 3.78. The lowest BCUT2D eigenvalue weighted by Crippen LogP contribution is -1.98. The zero-order valence-electron chi connectivity index (χ0n) is 13.3. The molecule has 1 N–H and O–H groups in total. The molecule has 0 fully saturated rings. The Hall–Kier alpha value is -3.35. The fraction of sp³-hybridized carbons (Fsp3) is 0.118. The molecule has 120 valence electrons. The molecule has 24 heavy (non-hydrogen) atoms. The predicted molar refractivity (Wildman–Crippen MR) is 91.5 cm³/mol. The Balaban J connectivity index is 1.72. The maximum atomic E-state index is 5.18. The van der Waals surface area contributed by atoms with Crippen LogP contribution in [-0.2, 0) is 7.05 Å². The van der Waals surface area contributed by atoms with Gasteiger partial charge >= 0.3 is 0 Å². The highest BCUT2D eigenvalue weighted by molar-refractivity contribution is 5.73. The molecular formula is C17H16N6O. The van der Waals surface area contributed by atoms with E-state index in [1.807, 2.05) is 60.5 Å². The van der Waals surface area contributed by atoms with E-state index in [-0.39, 0.29) is 0 Å². The first kappa shape index (κ1) is 14.3. The van der Waals surface area contributed by atoms with Gasteiger partial charge in [0.15, 0.2) is 11.5 Å². The van der Waals surface area contributed by atoms with Gasteiger partial charge in [-0.1, -0.05) is 0 Å². The van der Waals surface area contributed by atoms with Gasteiger partial charge in [-0.25, -0.2) is 9.97 Å². The number of aromatic nitrogens is 5. The van der Waals surface area contributed by atoms with Crippen molar-refractivity contribution in [2.45, 2.75) is 0 Å². The van der Waals surface area contributed by atoms with Crippen molar-refractivity contribution in [3.63, 3.8) is 0 Å². The molecule has 3 aromatic heterocycles. The summed E-state index contributed by atoms with van der Waals surface area (Å²) in [6, 6.07) is 7.67. The van der Waals surface area contributed by atoms with Crippen molar-refractivity contribution >= 4 is 17.2 Å². The van der Waals surface area contributed by atoms with Crippen molar-refractivity contribution in [2.24, 2.45) is 7.05 Å². The van der Waals surface area contributed by atoms with E-state index in [9.17, 15) is 0 Å². The number of anilines is 2. The van der Waals surface area contributed by atoms with Gasteiger partial charge in [-0.2, -0.15) is 5.10 Å². The van der Waals surface area contributed by atoms with Crippen LogP contribution in [0.5, 0.6) is 5.75 Å². The summed E-state index contributed by atoms with van der Waals surface area (Å²) in [7, 11) is 3.54. The SMILES string of the molecule is COc1ccc(Nc2nccn3c(-c4cnn(C)c4)cnc23)cc1. The maximum Gasteiger partial charge on any atom is 0.180 e. The number of imidazole rings is 1. The van der Waals surface area contributed by atoms with Gasteiger partial charge in [0.2, 0.25) is 0 Å². The summed E-state index contributed by atoms with van der Waals surface area (Å²) in [5, 5.41) is 7.52. The van der Waals surface area contributed by atoms with Crippen molar-refractivity contribution in [2.75, 3.05) is 12.4 Å². The van der Waals surface area contributed by atoms with Gasteiger partial charge < -0.3 is 10.1 Å². The minimum absolute atomic E-state index is 0.692. The van der Waals surface area contributed by atoms with Gasteiger partial charge in [-0.3, -0.25) is 9.08 Å². The standard InChI is InChI=1S/C17H16N6O/c1-22-11-12(9-20-22)15-10-19-17-16(18-7-8-23(15)17)21-13-3-5-14(24-2)6-4-13/h3-11H,1-2H3,(H,18,21). The number of hydrogen-bond donors (Lipinski definition) is 1. The molecule has 4 rings (SSSR count). The van der Waals surface area contributed by atoms with Crippen LogP contribution in [0.2, 0.25) is 0 Å². The molecule has 0 atom stereocenters. The van der Waals surface area contributed by atoms with E-state index >= 15 is 0 Å². The molecule has 0 bridgehead atoms. The molecule has 0 aliphatic rings. The first-order valence-electron chi connectivity index (χ1n) is 7.47. The lowest BCUT2D eigenvalue weighted by molar-refractivity contribution is 0.415. The second-order valence-electron chi connectivity index (χ2n) is 5.37. The Morgan fingerprint density at radius 1 is 1.08 bits per heavy atom. The second-order valence-corrected chi connectivity index (χ2v) is 5.37. The lowest BCUT2D eigenvalue weighted by atomic mass is 10.3. The Bertz CT molecular complexity index is 986. The maximum absolute atomic E-state index is 5.18. The van der Waals surface area contributed by atoms with Crippen LogP contribution in [0.4, 0.5) is 11.5 Å². The molecule has 0 aliphatic carbocycles. The van der Waals surface area contributed by atoms with Gasteiger partial charge in [0.25, 0.3) is 0 Å². The van der Waals surface area contributed by atoms with E-state index in [0.717, 1.165) is 28.3 Å². The van der Waals surface area contributed by atoms with E-state index < -0.39 is 0 Å². The molecule has 0 amide bonds. The number of rotatable bonds is 4. The monoisotopic (exact) mass is 320 g/mol. The van der Waals surface area contributed by atoms with Crippen molar-refractivity contribution in [3.8, 4) is 17.0 Å². The molecule has 0 saturated carbocycles. The van der Waals surface area contributed by atoms with Crippen molar-refractivity contribution < 1.29 is 4.74 Å². The highest BCUT2D eigenvalue weighted by Gasteiger charge is 2.11.